The van der Waals surface area contributed by atoms with Crippen molar-refractivity contribution in [1.29, 1.82) is 0 Å². The molecule has 81 heavy (non-hydrogen) atoms. The number of anilines is 2. The van der Waals surface area contributed by atoms with Gasteiger partial charge in [-0.2, -0.15) is 0 Å². The summed E-state index contributed by atoms with van der Waals surface area (Å²) in [6.07, 6.45) is 9.88. The van der Waals surface area contributed by atoms with Crippen molar-refractivity contribution in [3.8, 4) is 5.75 Å². The number of nitrogens with one attached hydrogen (secondary N) is 3. The van der Waals surface area contributed by atoms with E-state index in [0.29, 0.717) is 61.7 Å². The van der Waals surface area contributed by atoms with Crippen molar-refractivity contribution in [2.45, 2.75) is 122 Å². The molecule has 1 aromatic heterocycles. The van der Waals surface area contributed by atoms with Gasteiger partial charge in [-0.15, -0.1) is 11.8 Å². The zero-order valence-corrected chi connectivity index (χ0v) is 48.3. The van der Waals surface area contributed by atoms with E-state index in [1.165, 1.54) is 19.2 Å². The second kappa shape index (κ2) is 28.5. The number of halogens is 3. The van der Waals surface area contributed by atoms with Crippen molar-refractivity contribution in [1.82, 2.24) is 35.2 Å². The summed E-state index contributed by atoms with van der Waals surface area (Å²) in [4.78, 5) is 97.7. The van der Waals surface area contributed by atoms with E-state index in [9.17, 15) is 37.5 Å². The number of hydrogen-bond acceptors (Lipinski definition) is 13. The summed E-state index contributed by atoms with van der Waals surface area (Å²) in [5.74, 6) is -2.28. The number of aliphatic imine (C=N–C) groups is 1. The number of carbonyl (C=O) groups excluding carboxylic acids is 6. The van der Waals surface area contributed by atoms with Crippen LogP contribution in [0.5, 0.6) is 5.75 Å². The molecule has 0 saturated carbocycles. The van der Waals surface area contributed by atoms with Crippen LogP contribution in [0.3, 0.4) is 0 Å². The number of rotatable bonds is 23. The fourth-order valence-corrected chi connectivity index (χ4v) is 12.3. The zero-order chi connectivity index (χ0) is 57.7. The van der Waals surface area contributed by atoms with Crippen LogP contribution < -0.4 is 26.4 Å². The molecular formula is C60H75ClF2N10O7S. The minimum Gasteiger partial charge on any atom is -0.482 e. The second-order valence-corrected chi connectivity index (χ2v) is 23.0. The van der Waals surface area contributed by atoms with Crippen LogP contribution >= 0.6 is 23.4 Å². The van der Waals surface area contributed by atoms with Crippen molar-refractivity contribution in [3.63, 3.8) is 0 Å². The van der Waals surface area contributed by atoms with Crippen LogP contribution in [0.25, 0.3) is 0 Å². The predicted octanol–water partition coefficient (Wildman–Crippen LogP) is 8.50. The Hall–Kier alpha value is -6.48. The monoisotopic (exact) mass is 1150 g/mol. The van der Waals surface area contributed by atoms with Gasteiger partial charge in [0.1, 0.15) is 24.0 Å². The Bertz CT molecular complexity index is 2920. The maximum Gasteiger partial charge on any atom is 0.257 e. The van der Waals surface area contributed by atoms with E-state index < -0.39 is 47.3 Å². The highest BCUT2D eigenvalue weighted by Crippen LogP contribution is 2.34. The van der Waals surface area contributed by atoms with Gasteiger partial charge in [0.25, 0.3) is 11.8 Å². The maximum absolute atomic E-state index is 14.6. The minimum absolute atomic E-state index is 0.0000984. The number of amides is 5. The van der Waals surface area contributed by atoms with E-state index in [1.807, 2.05) is 41.0 Å². The molecule has 5 atom stereocenters. The Balaban J connectivity index is 0.702. The number of piperidine rings is 1. The summed E-state index contributed by atoms with van der Waals surface area (Å²) in [6.45, 7) is 10.2. The first-order valence-corrected chi connectivity index (χ1v) is 29.7. The van der Waals surface area contributed by atoms with E-state index in [1.54, 1.807) is 54.9 Å². The molecule has 5 N–H and O–H groups in total. The number of nitrogens with two attached hydrogens (primary N) is 1. The molecule has 1 unspecified atom stereocenters. The van der Waals surface area contributed by atoms with Crippen LogP contribution in [0.15, 0.2) is 77.9 Å². The highest BCUT2D eigenvalue weighted by Gasteiger charge is 2.43. The number of carbonyl (C=O) groups is 6. The Morgan fingerprint density at radius 1 is 0.815 bits per heavy atom. The first kappa shape index (κ1) is 60.6. The Morgan fingerprint density at radius 3 is 2.19 bits per heavy atom. The number of piperazine rings is 1. The van der Waals surface area contributed by atoms with Crippen LogP contribution in [0.2, 0.25) is 5.02 Å². The highest BCUT2D eigenvalue weighted by molar-refractivity contribution is 8.14. The van der Waals surface area contributed by atoms with Gasteiger partial charge in [-0.05, 0) is 134 Å². The fraction of sp³-hybridized carbons (Fsp3) is 0.500. The van der Waals surface area contributed by atoms with Crippen LogP contribution in [0.1, 0.15) is 133 Å². The van der Waals surface area contributed by atoms with Gasteiger partial charge in [0, 0.05) is 67.9 Å². The molecule has 0 radical (unpaired) electrons. The molecule has 4 aromatic rings. The Morgan fingerprint density at radius 2 is 1.48 bits per heavy atom. The zero-order valence-electron chi connectivity index (χ0n) is 46.7. The fourth-order valence-electron chi connectivity index (χ4n) is 10.9. The van der Waals surface area contributed by atoms with E-state index in [0.717, 1.165) is 107 Å². The summed E-state index contributed by atoms with van der Waals surface area (Å²) in [7, 11) is 1.74. The molecule has 5 amide bonds. The number of benzene rings is 3. The third-order valence-electron chi connectivity index (χ3n) is 16.0. The van der Waals surface area contributed by atoms with Crippen molar-refractivity contribution < 1.29 is 42.3 Å². The molecule has 0 spiro atoms. The van der Waals surface area contributed by atoms with Crippen LogP contribution in [-0.2, 0) is 14.4 Å². The first-order chi connectivity index (χ1) is 39.0. The summed E-state index contributed by atoms with van der Waals surface area (Å²) < 4.78 is 34.8. The molecule has 0 bridgehead atoms. The van der Waals surface area contributed by atoms with Gasteiger partial charge < -0.3 is 46.0 Å². The lowest BCUT2D eigenvalue weighted by Crippen LogP contribution is -2.58. The molecule has 434 valence electrons. The number of hydrogen-bond donors (Lipinski definition) is 4. The molecule has 3 saturated heterocycles. The Labute approximate surface area is 482 Å². The molecule has 4 aliphatic heterocycles. The third kappa shape index (κ3) is 15.5. The van der Waals surface area contributed by atoms with Gasteiger partial charge in [-0.25, -0.2) is 13.8 Å². The SMILES string of the molecule is CN[C@H](C)C(=O)N[C@@H](C(=O)N1CCC[C@@H]1C1=NC(C(=O)c2ccc(C)cc2)CS1)C1CCN(CCCCCCCCC(=O)N2CCN(C(=O)c3ccc(NC(=O)c4cnc(N)c(O[C@H](C)c5c(F)ccc(Cl)c5F)c4)cc3)CC2)CC1. The number of unbranched alkanes of at least 4 members (excludes halogenated alkanes) is 5. The van der Waals surface area contributed by atoms with E-state index in [-0.39, 0.29) is 63.5 Å². The highest BCUT2D eigenvalue weighted by atomic mass is 35.5. The van der Waals surface area contributed by atoms with Crippen LogP contribution in [0.4, 0.5) is 20.3 Å². The normalized spacial score (nSPS) is 19.0. The Kier molecular flexibility index (Phi) is 21.3. The maximum atomic E-state index is 14.6. The summed E-state index contributed by atoms with van der Waals surface area (Å²) in [5.41, 5.74) is 8.22. The average molecular weight is 1150 g/mol. The quantitative estimate of drug-likeness (QED) is 0.0313. The average Bonchev–Trinajstić information content (AvgIpc) is 4.25. The van der Waals surface area contributed by atoms with Gasteiger partial charge in [-0.1, -0.05) is 67.1 Å². The lowest BCUT2D eigenvalue weighted by Gasteiger charge is -2.38. The molecular weight excluding hydrogens is 1080 g/mol. The predicted molar refractivity (Wildman–Crippen MR) is 312 cm³/mol. The molecule has 5 heterocycles. The van der Waals surface area contributed by atoms with Gasteiger partial charge in [0.15, 0.2) is 23.2 Å². The number of aryl methyl sites for hydroxylation is 1. The number of likely N-dealkylation sites (tertiary alicyclic amines) is 2. The molecule has 21 heteroatoms. The largest absolute Gasteiger partial charge is 0.482 e. The molecule has 4 aliphatic rings. The van der Waals surface area contributed by atoms with E-state index >= 15 is 0 Å². The van der Waals surface area contributed by atoms with Crippen molar-refractivity contribution >= 4 is 75.2 Å². The molecule has 3 fully saturated rings. The molecule has 8 rings (SSSR count). The lowest BCUT2D eigenvalue weighted by molar-refractivity contribution is -0.138. The molecule has 17 nitrogen and oxygen atoms in total. The minimum atomic E-state index is -1.15. The van der Waals surface area contributed by atoms with Crippen molar-refractivity contribution in [3.05, 3.63) is 117 Å². The third-order valence-corrected chi connectivity index (χ3v) is 17.4. The molecule has 3 aromatic carbocycles. The molecule has 0 aliphatic carbocycles. The smallest absolute Gasteiger partial charge is 0.257 e. The number of thioether (sulfide) groups is 1. The summed E-state index contributed by atoms with van der Waals surface area (Å²) in [5, 5.41) is 9.48. The van der Waals surface area contributed by atoms with Crippen LogP contribution in [-0.4, -0.2) is 154 Å². The number of Topliss-reactive ketones (excluding diaryl/α,β-unsaturated/α-hetero) is 1. The van der Waals surface area contributed by atoms with Gasteiger partial charge in [0.05, 0.1) is 33.3 Å². The van der Waals surface area contributed by atoms with Crippen molar-refractivity contribution in [2.75, 3.05) is 76.2 Å². The second-order valence-electron chi connectivity index (χ2n) is 21.6. The number of nitrogen functional groups attached to an aromatic ring is 1. The van der Waals surface area contributed by atoms with Gasteiger partial charge in [0.2, 0.25) is 17.7 Å². The number of nitrogens with zero attached hydrogens (tertiary/aromatic N) is 6. The lowest BCUT2D eigenvalue weighted by atomic mass is 9.88. The summed E-state index contributed by atoms with van der Waals surface area (Å²) in [6, 6.07) is 15.7. The van der Waals surface area contributed by atoms with E-state index in [4.69, 9.17) is 27.1 Å². The first-order valence-electron chi connectivity index (χ1n) is 28.4. The van der Waals surface area contributed by atoms with Gasteiger partial charge in [-0.3, -0.25) is 33.8 Å². The number of likely N-dealkylation sites (N-methyl/N-ethyl adjacent to an activating group) is 1. The number of aromatic nitrogens is 1. The topological polar surface area (TPSA) is 212 Å². The summed E-state index contributed by atoms with van der Waals surface area (Å²) >= 11 is 7.42. The number of ketones is 1. The van der Waals surface area contributed by atoms with Gasteiger partial charge >= 0.3 is 0 Å². The van der Waals surface area contributed by atoms with Crippen LogP contribution in [0, 0.1) is 24.5 Å². The van der Waals surface area contributed by atoms with Crippen molar-refractivity contribution in [2.24, 2.45) is 10.9 Å². The standard InChI is InChI=1S/C60H75ClF2N10O7S/c1-37-14-16-41(17-15-37)54(75)47-36-81-58(68-47)48-12-11-27-73(48)60(79)53(69-56(76)38(2)65-4)40-24-28-70(29-25-40)26-10-8-6-5-7-9-13-50(74)71-30-32-72(33-31-71)59(78)42-18-20-44(21-19-42)67-57(77)43-34-49(55(64)66-35-43)80-39(3)51-46(62)23-22-45(61)52(51)63/h14-23,34-35,38-40,47-48,53,65H,5-13,24-33,36H2,1-4H3,(H2,64,66)(H,67,77)(H,69,76)/t38-,39-,47?,48-,53-/m1/s1. The number of ether oxygens (including phenoxy) is 1. The number of pyridine rings is 1. The van der Waals surface area contributed by atoms with E-state index in [2.05, 4.69) is 25.8 Å².